The van der Waals surface area contributed by atoms with Crippen molar-refractivity contribution in [3.05, 3.63) is 0 Å². The van der Waals surface area contributed by atoms with Crippen molar-refractivity contribution in [1.29, 1.82) is 0 Å². The zero-order valence-corrected chi connectivity index (χ0v) is 28.4. The first kappa shape index (κ1) is 52.8. The molecule has 14 N–H and O–H groups in total. The molecule has 0 saturated heterocycles. The van der Waals surface area contributed by atoms with Crippen LogP contribution in [0.4, 0.5) is 0 Å². The fourth-order valence-corrected chi connectivity index (χ4v) is 2.91. The van der Waals surface area contributed by atoms with Gasteiger partial charge in [-0.25, -0.2) is 0 Å². The van der Waals surface area contributed by atoms with E-state index in [1.165, 1.54) is 111 Å². The smallest absolute Gasteiger partial charge is 0.216 e. The van der Waals surface area contributed by atoms with Crippen LogP contribution in [0.2, 0.25) is 0 Å². The quantitative estimate of drug-likeness (QED) is 0.0985. The van der Waals surface area contributed by atoms with Crippen LogP contribution in [-0.2, 0) is 24.0 Å². The lowest BCUT2D eigenvalue weighted by atomic mass is 10.0. The summed E-state index contributed by atoms with van der Waals surface area (Å²) in [6.07, 6.45) is 19.3. The third-order valence-electron chi connectivity index (χ3n) is 4.55. The van der Waals surface area contributed by atoms with E-state index in [1.54, 1.807) is 6.92 Å². The molecule has 0 fully saturated rings. The summed E-state index contributed by atoms with van der Waals surface area (Å²) in [6, 6.07) is 0. The summed E-state index contributed by atoms with van der Waals surface area (Å²) in [6.45, 7) is 13.1. The zero-order valence-electron chi connectivity index (χ0n) is 28.4. The molecule has 0 rings (SSSR count). The average Bonchev–Trinajstić information content (AvgIpc) is 2.86. The van der Waals surface area contributed by atoms with E-state index < -0.39 is 0 Å². The monoisotopic (exact) mass is 623 g/mol. The molecule has 43 heavy (non-hydrogen) atoms. The van der Waals surface area contributed by atoms with Gasteiger partial charge in [0.15, 0.2) is 0 Å². The molecular formula is C30H70N8O5. The van der Waals surface area contributed by atoms with Crippen molar-refractivity contribution in [2.24, 2.45) is 34.4 Å². The first-order valence-corrected chi connectivity index (χ1v) is 15.5. The summed E-state index contributed by atoms with van der Waals surface area (Å²) in [5.41, 5.74) is 28.2. The largest absolute Gasteiger partial charge is 0.370 e. The Bertz CT molecular complexity index is 541. The number of nitrogens with two attached hydrogens (primary N) is 6. The summed E-state index contributed by atoms with van der Waals surface area (Å²) < 4.78 is 0. The highest BCUT2D eigenvalue weighted by atomic mass is 16.2. The number of rotatable bonds is 19. The summed E-state index contributed by atoms with van der Waals surface area (Å²) in [4.78, 5) is 47.6. The van der Waals surface area contributed by atoms with Crippen LogP contribution in [0.3, 0.4) is 0 Å². The predicted octanol–water partition coefficient (Wildman–Crippen LogP) is 2.06. The number of hydrogen-bond acceptors (Lipinski definition) is 8. The van der Waals surface area contributed by atoms with Gasteiger partial charge in [0, 0.05) is 67.3 Å². The van der Waals surface area contributed by atoms with Crippen molar-refractivity contribution < 1.29 is 24.0 Å². The lowest BCUT2D eigenvalue weighted by Gasteiger charge is -2.03. The molecule has 0 aromatic carbocycles. The third-order valence-corrected chi connectivity index (χ3v) is 4.55. The van der Waals surface area contributed by atoms with Gasteiger partial charge in [-0.2, -0.15) is 0 Å². The minimum atomic E-state index is -0.333. The number of amides is 5. The van der Waals surface area contributed by atoms with Crippen LogP contribution in [0.25, 0.3) is 0 Å². The molecular weight excluding hydrogens is 552 g/mol. The number of hydrogen-bond donors (Lipinski definition) is 8. The zero-order chi connectivity index (χ0) is 34.7. The van der Waals surface area contributed by atoms with Crippen LogP contribution < -0.4 is 45.0 Å². The highest BCUT2D eigenvalue weighted by Crippen LogP contribution is 2.12. The Morgan fingerprint density at radius 3 is 0.884 bits per heavy atom. The molecule has 0 aliphatic rings. The molecule has 0 bridgehead atoms. The van der Waals surface area contributed by atoms with Crippen molar-refractivity contribution in [3.8, 4) is 0 Å². The van der Waals surface area contributed by atoms with Crippen molar-refractivity contribution in [3.63, 3.8) is 0 Å². The number of carbonyl (C=O) groups is 5. The van der Waals surface area contributed by atoms with Crippen LogP contribution in [0.15, 0.2) is 0 Å². The van der Waals surface area contributed by atoms with E-state index in [-0.39, 0.29) is 29.5 Å². The second-order valence-electron chi connectivity index (χ2n) is 9.85. The minimum Gasteiger partial charge on any atom is -0.370 e. The predicted molar refractivity (Wildman–Crippen MR) is 179 cm³/mol. The van der Waals surface area contributed by atoms with Crippen LogP contribution in [0.1, 0.15) is 131 Å². The van der Waals surface area contributed by atoms with Gasteiger partial charge in [0.25, 0.3) is 0 Å². The van der Waals surface area contributed by atoms with Crippen LogP contribution in [-0.4, -0.2) is 62.3 Å². The van der Waals surface area contributed by atoms with Crippen molar-refractivity contribution >= 4 is 29.5 Å². The van der Waals surface area contributed by atoms with E-state index in [2.05, 4.69) is 40.5 Å². The minimum absolute atomic E-state index is 0.0969. The van der Waals surface area contributed by atoms with E-state index in [0.717, 1.165) is 26.1 Å². The van der Waals surface area contributed by atoms with Crippen molar-refractivity contribution in [2.75, 3.05) is 32.7 Å². The Morgan fingerprint density at radius 1 is 0.442 bits per heavy atom. The van der Waals surface area contributed by atoms with Crippen LogP contribution >= 0.6 is 0 Å². The molecule has 0 aliphatic heterocycles. The first-order chi connectivity index (χ1) is 20.1. The molecule has 0 atom stereocenters. The molecule has 0 aliphatic carbocycles. The van der Waals surface area contributed by atoms with E-state index >= 15 is 0 Å². The first-order valence-electron chi connectivity index (χ1n) is 15.5. The fourth-order valence-electron chi connectivity index (χ4n) is 2.91. The Kier molecular flexibility index (Phi) is 63.8. The van der Waals surface area contributed by atoms with Gasteiger partial charge >= 0.3 is 0 Å². The van der Waals surface area contributed by atoms with Gasteiger partial charge in [-0.15, -0.1) is 0 Å². The molecule has 0 heterocycles. The number of nitrogens with one attached hydrogen (secondary N) is 2. The second-order valence-corrected chi connectivity index (χ2v) is 9.85. The lowest BCUT2D eigenvalue weighted by Crippen LogP contribution is -2.27. The molecule has 0 saturated carbocycles. The van der Waals surface area contributed by atoms with Gasteiger partial charge in [-0.3, -0.25) is 24.0 Å². The van der Waals surface area contributed by atoms with Crippen molar-refractivity contribution in [1.82, 2.24) is 10.6 Å². The van der Waals surface area contributed by atoms with Gasteiger partial charge in [0.1, 0.15) is 0 Å². The topological polar surface area (TPSA) is 266 Å². The maximum absolute atomic E-state index is 10.7. The van der Waals surface area contributed by atoms with Gasteiger partial charge < -0.3 is 45.0 Å². The maximum Gasteiger partial charge on any atom is 0.216 e. The third kappa shape index (κ3) is 164. The molecule has 260 valence electrons. The number of unbranched alkanes of at least 4 members (excludes halogenated alkanes) is 13. The van der Waals surface area contributed by atoms with Crippen molar-refractivity contribution in [2.45, 2.75) is 131 Å². The summed E-state index contributed by atoms with van der Waals surface area (Å²) in [7, 11) is 0. The molecule has 13 heteroatoms. The average molecular weight is 623 g/mol. The Balaban J connectivity index is -0.000000120. The fraction of sp³-hybridized carbons (Fsp3) is 0.833. The summed E-state index contributed by atoms with van der Waals surface area (Å²) in [5, 5.41) is 5.88. The van der Waals surface area contributed by atoms with E-state index in [0.29, 0.717) is 13.1 Å². The lowest BCUT2D eigenvalue weighted by molar-refractivity contribution is -0.119. The van der Waals surface area contributed by atoms with E-state index in [1.807, 2.05) is 0 Å². The van der Waals surface area contributed by atoms with Gasteiger partial charge in [0.05, 0.1) is 0 Å². The summed E-state index contributed by atoms with van der Waals surface area (Å²) in [5.74, 6) is -1.24. The summed E-state index contributed by atoms with van der Waals surface area (Å²) >= 11 is 0. The SMILES string of the molecule is CC(N)=O.CC(N)=O.CC(N)=O.CC(N)=O.CCCCCCCCCCCCCCCCNC(C)=O.NCCNCCN. The van der Waals surface area contributed by atoms with Crippen LogP contribution in [0.5, 0.6) is 0 Å². The number of carbonyl (C=O) groups excluding carboxylic acids is 5. The molecule has 0 aromatic heterocycles. The molecule has 5 amide bonds. The Labute approximate surface area is 262 Å². The Morgan fingerprint density at radius 2 is 0.674 bits per heavy atom. The van der Waals surface area contributed by atoms with Gasteiger partial charge in [-0.05, 0) is 6.42 Å². The van der Waals surface area contributed by atoms with E-state index in [4.69, 9.17) is 11.5 Å². The maximum atomic E-state index is 10.7. The van der Waals surface area contributed by atoms with E-state index in [9.17, 15) is 24.0 Å². The molecule has 0 radical (unpaired) electrons. The highest BCUT2D eigenvalue weighted by molar-refractivity contribution is 5.72. The van der Waals surface area contributed by atoms with Gasteiger partial charge in [0.2, 0.25) is 29.5 Å². The molecule has 13 nitrogen and oxygen atoms in total. The second kappa shape index (κ2) is 51.9. The number of primary amides is 4. The van der Waals surface area contributed by atoms with Crippen LogP contribution in [0, 0.1) is 0 Å². The highest BCUT2D eigenvalue weighted by Gasteiger charge is 1.94. The van der Waals surface area contributed by atoms with Gasteiger partial charge in [-0.1, -0.05) is 90.4 Å². The molecule has 0 unspecified atom stereocenters. The molecule has 0 spiro atoms. The Hall–Kier alpha value is -2.77. The standard InChI is InChI=1S/C18H37NO.C4H13N3.4C2H5NO/c1-3-4-5-6-7-8-9-10-11-12-13-14-15-16-17-19-18(2)20;5-1-3-7-4-2-6;4*1-2(3)4/h3-17H2,1-2H3,(H,19,20);7H,1-6H2;4*1H3,(H2,3,4). The normalized spacial score (nSPS) is 8.84. The molecule has 0 aromatic rings.